The molecule has 1 amide bonds. The molecule has 2 saturated carbocycles. The molecule has 26 heavy (non-hydrogen) atoms. The molecule has 2 bridgehead atoms. The van der Waals surface area contributed by atoms with Gasteiger partial charge in [-0.3, -0.25) is 4.79 Å². The Balaban J connectivity index is 1.33. The van der Waals surface area contributed by atoms with E-state index < -0.39 is 15.8 Å². The topological polar surface area (TPSA) is 66.5 Å². The minimum atomic E-state index is -3.62. The first-order valence-corrected chi connectivity index (χ1v) is 10.9. The van der Waals surface area contributed by atoms with Crippen molar-refractivity contribution in [3.63, 3.8) is 0 Å². The minimum absolute atomic E-state index is 0.0846. The van der Waals surface area contributed by atoms with E-state index in [9.17, 15) is 17.6 Å². The molecule has 142 valence electrons. The average molecular weight is 380 g/mol. The van der Waals surface area contributed by atoms with Gasteiger partial charge in [-0.25, -0.2) is 12.8 Å². The van der Waals surface area contributed by atoms with Crippen LogP contribution in [0.15, 0.2) is 29.2 Å². The first-order chi connectivity index (χ1) is 12.4. The van der Waals surface area contributed by atoms with Crippen LogP contribution in [0.25, 0.3) is 0 Å². The highest BCUT2D eigenvalue weighted by molar-refractivity contribution is 7.89. The molecule has 1 heterocycles. The zero-order chi connectivity index (χ0) is 18.3. The van der Waals surface area contributed by atoms with Gasteiger partial charge in [0, 0.05) is 25.0 Å². The monoisotopic (exact) mass is 380 g/mol. The fourth-order valence-electron chi connectivity index (χ4n) is 4.84. The zero-order valence-corrected chi connectivity index (χ0v) is 15.6. The lowest BCUT2D eigenvalue weighted by atomic mass is 9.93. The largest absolute Gasteiger partial charge is 0.353 e. The number of rotatable bonds is 4. The van der Waals surface area contributed by atoms with Crippen molar-refractivity contribution in [2.75, 3.05) is 13.1 Å². The van der Waals surface area contributed by atoms with Crippen molar-refractivity contribution in [3.05, 3.63) is 30.1 Å². The number of halogens is 1. The summed E-state index contributed by atoms with van der Waals surface area (Å²) in [4.78, 5) is 12.7. The first-order valence-electron chi connectivity index (χ1n) is 9.49. The van der Waals surface area contributed by atoms with E-state index in [4.69, 9.17) is 0 Å². The van der Waals surface area contributed by atoms with Gasteiger partial charge in [-0.2, -0.15) is 4.31 Å². The lowest BCUT2D eigenvalue weighted by molar-refractivity contribution is -0.127. The standard InChI is InChI=1S/C19H25FN2O3S/c20-16-3-5-17(6-4-16)26(24,25)22-9-7-14(8-10-22)19(23)21-18-12-13-1-2-15(18)11-13/h3-6,13-15,18H,1-2,7-12H2,(H,21,23). The lowest BCUT2D eigenvalue weighted by Gasteiger charge is -2.32. The smallest absolute Gasteiger partial charge is 0.243 e. The summed E-state index contributed by atoms with van der Waals surface area (Å²) in [5.41, 5.74) is 0. The van der Waals surface area contributed by atoms with Gasteiger partial charge in [0.25, 0.3) is 0 Å². The average Bonchev–Trinajstić information content (AvgIpc) is 3.25. The molecule has 3 atom stereocenters. The maximum absolute atomic E-state index is 13.0. The fourth-order valence-corrected chi connectivity index (χ4v) is 6.31. The quantitative estimate of drug-likeness (QED) is 0.873. The van der Waals surface area contributed by atoms with Gasteiger partial charge in [0.1, 0.15) is 5.82 Å². The number of sulfonamides is 1. The lowest BCUT2D eigenvalue weighted by Crippen LogP contribution is -2.46. The molecule has 1 aliphatic heterocycles. The van der Waals surface area contributed by atoms with Gasteiger partial charge >= 0.3 is 0 Å². The summed E-state index contributed by atoms with van der Waals surface area (Å²) in [5, 5.41) is 3.22. The molecule has 3 unspecified atom stereocenters. The van der Waals surface area contributed by atoms with Crippen molar-refractivity contribution >= 4 is 15.9 Å². The van der Waals surface area contributed by atoms with E-state index in [0.717, 1.165) is 24.5 Å². The van der Waals surface area contributed by atoms with E-state index in [2.05, 4.69) is 5.32 Å². The van der Waals surface area contributed by atoms with E-state index in [0.29, 0.717) is 37.9 Å². The zero-order valence-electron chi connectivity index (χ0n) is 14.7. The Labute approximate surface area is 154 Å². The van der Waals surface area contributed by atoms with Gasteiger partial charge in [-0.1, -0.05) is 6.42 Å². The number of nitrogens with zero attached hydrogens (tertiary/aromatic N) is 1. The van der Waals surface area contributed by atoms with Crippen LogP contribution in [0.1, 0.15) is 38.5 Å². The molecule has 1 aromatic rings. The Hall–Kier alpha value is -1.47. The summed E-state index contributed by atoms with van der Waals surface area (Å²) in [7, 11) is -3.62. The third kappa shape index (κ3) is 3.39. The molecule has 3 fully saturated rings. The van der Waals surface area contributed by atoms with Crippen molar-refractivity contribution in [1.82, 2.24) is 9.62 Å². The number of hydrogen-bond donors (Lipinski definition) is 1. The van der Waals surface area contributed by atoms with Gasteiger partial charge in [0.15, 0.2) is 0 Å². The number of carbonyl (C=O) groups excluding carboxylic acids is 1. The van der Waals surface area contributed by atoms with E-state index in [1.54, 1.807) is 0 Å². The number of piperidine rings is 1. The molecule has 0 aromatic heterocycles. The van der Waals surface area contributed by atoms with Crippen LogP contribution in [0.5, 0.6) is 0 Å². The second-order valence-corrected chi connectivity index (χ2v) is 9.86. The normalized spacial score (nSPS) is 29.8. The van der Waals surface area contributed by atoms with E-state index in [-0.39, 0.29) is 16.7 Å². The van der Waals surface area contributed by atoms with E-state index in [1.165, 1.54) is 35.7 Å². The number of nitrogens with one attached hydrogen (secondary N) is 1. The van der Waals surface area contributed by atoms with Crippen LogP contribution in [0.2, 0.25) is 0 Å². The molecule has 2 aliphatic carbocycles. The SMILES string of the molecule is O=C(NC1CC2CCC1C2)C1CCN(S(=O)(=O)c2ccc(F)cc2)CC1. The van der Waals surface area contributed by atoms with Crippen LogP contribution >= 0.6 is 0 Å². The Morgan fingerprint density at radius 2 is 1.73 bits per heavy atom. The molecule has 0 spiro atoms. The highest BCUT2D eigenvalue weighted by Gasteiger charge is 2.41. The Kier molecular flexibility index (Phi) is 4.77. The van der Waals surface area contributed by atoms with Gasteiger partial charge in [0.05, 0.1) is 4.90 Å². The summed E-state index contributed by atoms with van der Waals surface area (Å²) in [5.74, 6) is 0.936. The van der Waals surface area contributed by atoms with Crippen LogP contribution in [0, 0.1) is 23.6 Å². The molecule has 1 aromatic carbocycles. The molecule has 5 nitrogen and oxygen atoms in total. The summed E-state index contributed by atoms with van der Waals surface area (Å²) >= 11 is 0. The summed E-state index contributed by atoms with van der Waals surface area (Å²) in [6.45, 7) is 0.656. The summed E-state index contributed by atoms with van der Waals surface area (Å²) in [6, 6.07) is 5.21. The molecule has 4 rings (SSSR count). The van der Waals surface area contributed by atoms with Crippen molar-refractivity contribution in [1.29, 1.82) is 0 Å². The number of hydrogen-bond acceptors (Lipinski definition) is 3. The maximum atomic E-state index is 13.0. The highest BCUT2D eigenvalue weighted by atomic mass is 32.2. The van der Waals surface area contributed by atoms with E-state index in [1.807, 2.05) is 0 Å². The van der Waals surface area contributed by atoms with Crippen molar-refractivity contribution in [2.45, 2.75) is 49.5 Å². The first kappa shape index (κ1) is 17.9. The molecular weight excluding hydrogens is 355 g/mol. The molecule has 0 radical (unpaired) electrons. The van der Waals surface area contributed by atoms with Gasteiger partial charge < -0.3 is 5.32 Å². The van der Waals surface area contributed by atoms with Crippen molar-refractivity contribution in [2.24, 2.45) is 17.8 Å². The Bertz CT molecular complexity index is 772. The van der Waals surface area contributed by atoms with E-state index >= 15 is 0 Å². The molecule has 1 saturated heterocycles. The van der Waals surface area contributed by atoms with Gasteiger partial charge in [-0.05, 0) is 68.2 Å². The molecule has 7 heteroatoms. The molecule has 3 aliphatic rings. The van der Waals surface area contributed by atoms with Crippen molar-refractivity contribution in [3.8, 4) is 0 Å². The summed E-state index contributed by atoms with van der Waals surface area (Å²) < 4.78 is 39.7. The van der Waals surface area contributed by atoms with Crippen LogP contribution in [0.4, 0.5) is 4.39 Å². The van der Waals surface area contributed by atoms with Crippen LogP contribution < -0.4 is 5.32 Å². The summed E-state index contributed by atoms with van der Waals surface area (Å²) in [6.07, 6.45) is 5.95. The Morgan fingerprint density at radius 1 is 1.04 bits per heavy atom. The predicted molar refractivity (Wildman–Crippen MR) is 95.3 cm³/mol. The number of benzene rings is 1. The second-order valence-electron chi connectivity index (χ2n) is 7.92. The van der Waals surface area contributed by atoms with Gasteiger partial charge in [0.2, 0.25) is 15.9 Å². The number of carbonyl (C=O) groups is 1. The third-order valence-corrected chi connectivity index (χ3v) is 8.25. The highest BCUT2D eigenvalue weighted by Crippen LogP contribution is 2.44. The number of amides is 1. The number of fused-ring (bicyclic) bond motifs is 2. The molecule has 1 N–H and O–H groups in total. The second kappa shape index (κ2) is 6.93. The Morgan fingerprint density at radius 3 is 2.31 bits per heavy atom. The van der Waals surface area contributed by atoms with Crippen molar-refractivity contribution < 1.29 is 17.6 Å². The van der Waals surface area contributed by atoms with Gasteiger partial charge in [-0.15, -0.1) is 0 Å². The maximum Gasteiger partial charge on any atom is 0.243 e. The van der Waals surface area contributed by atoms with Crippen LogP contribution in [0.3, 0.4) is 0 Å². The van der Waals surface area contributed by atoms with Crippen LogP contribution in [-0.2, 0) is 14.8 Å². The fraction of sp³-hybridized carbons (Fsp3) is 0.632. The van der Waals surface area contributed by atoms with Crippen LogP contribution in [-0.4, -0.2) is 37.8 Å². The predicted octanol–water partition coefficient (Wildman–Crippen LogP) is 2.53. The third-order valence-electron chi connectivity index (χ3n) is 6.34. The molecular formula is C19H25FN2O3S. The minimum Gasteiger partial charge on any atom is -0.353 e.